The minimum Gasteiger partial charge on any atom is -0.481 e. The van der Waals surface area contributed by atoms with E-state index in [2.05, 4.69) is 0 Å². The van der Waals surface area contributed by atoms with Crippen molar-refractivity contribution in [3.63, 3.8) is 0 Å². The molecule has 80 valence electrons. The average molecular weight is 209 g/mol. The third-order valence-electron chi connectivity index (χ3n) is 2.03. The van der Waals surface area contributed by atoms with Gasteiger partial charge in [-0.2, -0.15) is 0 Å². The number of carbonyl (C=O) groups is 1. The van der Waals surface area contributed by atoms with Crippen LogP contribution in [0.2, 0.25) is 0 Å². The number of para-hydroxylation sites is 1. The van der Waals surface area contributed by atoms with Gasteiger partial charge in [0.1, 0.15) is 0 Å². The van der Waals surface area contributed by atoms with Crippen LogP contribution in [0.5, 0.6) is 0 Å². The van der Waals surface area contributed by atoms with Crippen molar-refractivity contribution >= 4 is 11.7 Å². The molecule has 0 fully saturated rings. The van der Waals surface area contributed by atoms with Crippen LogP contribution in [-0.4, -0.2) is 16.0 Å². The van der Waals surface area contributed by atoms with E-state index in [4.69, 9.17) is 5.11 Å². The molecule has 0 unspecified atom stereocenters. The highest BCUT2D eigenvalue weighted by atomic mass is 16.6. The number of aliphatic carboxylic acids is 1. The molecular formula is C10H11NO4. The molecule has 1 rings (SSSR count). The van der Waals surface area contributed by atoms with Gasteiger partial charge < -0.3 is 5.11 Å². The third-order valence-corrected chi connectivity index (χ3v) is 2.03. The zero-order valence-corrected chi connectivity index (χ0v) is 8.05. The van der Waals surface area contributed by atoms with Crippen molar-refractivity contribution in [3.8, 4) is 0 Å². The number of carboxylic acid groups (broad SMARTS) is 1. The van der Waals surface area contributed by atoms with E-state index in [0.29, 0.717) is 18.4 Å². The molecule has 0 amide bonds. The van der Waals surface area contributed by atoms with E-state index in [1.165, 1.54) is 6.07 Å². The van der Waals surface area contributed by atoms with Crippen molar-refractivity contribution in [3.05, 3.63) is 39.9 Å². The maximum absolute atomic E-state index is 10.6. The van der Waals surface area contributed by atoms with Crippen LogP contribution >= 0.6 is 0 Å². The van der Waals surface area contributed by atoms with Crippen LogP contribution in [0.15, 0.2) is 24.3 Å². The molecule has 0 aliphatic heterocycles. The molecule has 0 saturated heterocycles. The summed E-state index contributed by atoms with van der Waals surface area (Å²) in [4.78, 5) is 20.4. The second-order valence-corrected chi connectivity index (χ2v) is 3.13. The summed E-state index contributed by atoms with van der Waals surface area (Å²) in [6.07, 6.45) is 0.871. The lowest BCUT2D eigenvalue weighted by Gasteiger charge is -2.00. The van der Waals surface area contributed by atoms with Crippen molar-refractivity contribution in [1.82, 2.24) is 0 Å². The number of benzene rings is 1. The van der Waals surface area contributed by atoms with Crippen LogP contribution in [-0.2, 0) is 11.2 Å². The Labute approximate surface area is 86.5 Å². The van der Waals surface area contributed by atoms with E-state index in [-0.39, 0.29) is 12.1 Å². The quantitative estimate of drug-likeness (QED) is 0.594. The summed E-state index contributed by atoms with van der Waals surface area (Å²) in [5.41, 5.74) is 0.645. The molecular weight excluding hydrogens is 198 g/mol. The number of hydrogen-bond donors (Lipinski definition) is 1. The van der Waals surface area contributed by atoms with Crippen LogP contribution in [0.1, 0.15) is 18.4 Å². The lowest BCUT2D eigenvalue weighted by molar-refractivity contribution is -0.385. The molecule has 0 bridgehead atoms. The zero-order valence-electron chi connectivity index (χ0n) is 8.05. The molecule has 1 aromatic carbocycles. The third kappa shape index (κ3) is 3.38. The predicted octanol–water partition coefficient (Wildman–Crippen LogP) is 2.00. The second-order valence-electron chi connectivity index (χ2n) is 3.13. The van der Waals surface area contributed by atoms with Gasteiger partial charge in [-0.25, -0.2) is 0 Å². The first-order chi connectivity index (χ1) is 7.11. The highest BCUT2D eigenvalue weighted by Crippen LogP contribution is 2.19. The molecule has 0 heterocycles. The van der Waals surface area contributed by atoms with Gasteiger partial charge in [0.25, 0.3) is 5.69 Å². The Morgan fingerprint density at radius 1 is 1.40 bits per heavy atom. The summed E-state index contributed by atoms with van der Waals surface area (Å²) in [6, 6.07) is 6.39. The molecule has 0 aliphatic carbocycles. The fourth-order valence-electron chi connectivity index (χ4n) is 1.33. The van der Waals surface area contributed by atoms with Crippen LogP contribution in [0.25, 0.3) is 0 Å². The summed E-state index contributed by atoms with van der Waals surface area (Å²) < 4.78 is 0. The number of rotatable bonds is 5. The molecule has 5 nitrogen and oxygen atoms in total. The van der Waals surface area contributed by atoms with Crippen molar-refractivity contribution in [2.24, 2.45) is 0 Å². The van der Waals surface area contributed by atoms with Crippen molar-refractivity contribution in [2.75, 3.05) is 0 Å². The molecule has 0 atom stereocenters. The number of nitro groups is 1. The van der Waals surface area contributed by atoms with Gasteiger partial charge in [0.05, 0.1) is 4.92 Å². The zero-order chi connectivity index (χ0) is 11.3. The van der Waals surface area contributed by atoms with Crippen LogP contribution in [0, 0.1) is 10.1 Å². The summed E-state index contributed by atoms with van der Waals surface area (Å²) in [7, 11) is 0. The highest BCUT2D eigenvalue weighted by Gasteiger charge is 2.11. The average Bonchev–Trinajstić information content (AvgIpc) is 2.17. The number of aryl methyl sites for hydroxylation is 1. The standard InChI is InChI=1S/C10H11NO4/c12-10(13)7-3-5-8-4-1-2-6-9(8)11(14)15/h1-2,4,6H,3,5,7H2,(H,12,13). The first kappa shape index (κ1) is 11.2. The molecule has 0 spiro atoms. The normalized spacial score (nSPS) is 9.87. The lowest BCUT2D eigenvalue weighted by atomic mass is 10.1. The maximum Gasteiger partial charge on any atom is 0.303 e. The Morgan fingerprint density at radius 3 is 2.67 bits per heavy atom. The van der Waals surface area contributed by atoms with Crippen molar-refractivity contribution in [2.45, 2.75) is 19.3 Å². The van der Waals surface area contributed by atoms with E-state index in [0.717, 1.165) is 0 Å². The fourth-order valence-corrected chi connectivity index (χ4v) is 1.33. The van der Waals surface area contributed by atoms with Crippen LogP contribution in [0.3, 0.4) is 0 Å². The summed E-state index contributed by atoms with van der Waals surface area (Å²) in [5.74, 6) is -0.881. The van der Waals surface area contributed by atoms with Gasteiger partial charge in [-0.05, 0) is 12.8 Å². The van der Waals surface area contributed by atoms with Gasteiger partial charge in [-0.3, -0.25) is 14.9 Å². The fraction of sp³-hybridized carbons (Fsp3) is 0.300. The molecule has 1 N–H and O–H groups in total. The molecule has 0 radical (unpaired) electrons. The van der Waals surface area contributed by atoms with E-state index >= 15 is 0 Å². The summed E-state index contributed by atoms with van der Waals surface area (Å²) >= 11 is 0. The van der Waals surface area contributed by atoms with E-state index in [1.807, 2.05) is 0 Å². The number of hydrogen-bond acceptors (Lipinski definition) is 3. The first-order valence-electron chi connectivity index (χ1n) is 4.55. The summed E-state index contributed by atoms with van der Waals surface area (Å²) in [6.45, 7) is 0. The Kier molecular flexibility index (Phi) is 3.79. The summed E-state index contributed by atoms with van der Waals surface area (Å²) in [5, 5.41) is 19.0. The van der Waals surface area contributed by atoms with Gasteiger partial charge in [0.2, 0.25) is 0 Å². The lowest BCUT2D eigenvalue weighted by Crippen LogP contribution is -1.98. The monoisotopic (exact) mass is 209 g/mol. The van der Waals surface area contributed by atoms with Gasteiger partial charge in [0.15, 0.2) is 0 Å². The Hall–Kier alpha value is -1.91. The van der Waals surface area contributed by atoms with E-state index < -0.39 is 10.9 Å². The molecule has 0 aromatic heterocycles. The molecule has 15 heavy (non-hydrogen) atoms. The molecule has 5 heteroatoms. The molecule has 0 saturated carbocycles. The topological polar surface area (TPSA) is 80.4 Å². The van der Waals surface area contributed by atoms with Gasteiger partial charge in [-0.15, -0.1) is 0 Å². The van der Waals surface area contributed by atoms with Gasteiger partial charge in [0, 0.05) is 18.1 Å². The second kappa shape index (κ2) is 5.09. The van der Waals surface area contributed by atoms with Crippen LogP contribution in [0.4, 0.5) is 5.69 Å². The predicted molar refractivity (Wildman–Crippen MR) is 53.7 cm³/mol. The Balaban J connectivity index is 2.67. The van der Waals surface area contributed by atoms with Gasteiger partial charge in [-0.1, -0.05) is 18.2 Å². The molecule has 0 aliphatic rings. The minimum absolute atomic E-state index is 0.0338. The Bertz CT molecular complexity index is 375. The molecule has 1 aromatic rings. The maximum atomic E-state index is 10.6. The number of carboxylic acids is 1. The first-order valence-corrected chi connectivity index (χ1v) is 4.55. The smallest absolute Gasteiger partial charge is 0.303 e. The van der Waals surface area contributed by atoms with Crippen molar-refractivity contribution in [1.29, 1.82) is 0 Å². The number of nitro benzene ring substituents is 1. The highest BCUT2D eigenvalue weighted by molar-refractivity contribution is 5.66. The Morgan fingerprint density at radius 2 is 2.07 bits per heavy atom. The van der Waals surface area contributed by atoms with Crippen LogP contribution < -0.4 is 0 Å². The van der Waals surface area contributed by atoms with E-state index in [1.54, 1.807) is 18.2 Å². The van der Waals surface area contributed by atoms with Crippen molar-refractivity contribution < 1.29 is 14.8 Å². The van der Waals surface area contributed by atoms with Gasteiger partial charge >= 0.3 is 5.97 Å². The largest absolute Gasteiger partial charge is 0.481 e. The SMILES string of the molecule is O=C(O)CCCc1ccccc1[N+](=O)[O-]. The number of nitrogens with zero attached hydrogens (tertiary/aromatic N) is 1. The van der Waals surface area contributed by atoms with E-state index in [9.17, 15) is 14.9 Å². The minimum atomic E-state index is -0.881.